The molecule has 1 aliphatic rings. The van der Waals surface area contributed by atoms with Crippen LogP contribution in [0.15, 0.2) is 17.1 Å². The fourth-order valence-corrected chi connectivity index (χ4v) is 2.08. The van der Waals surface area contributed by atoms with Gasteiger partial charge in [-0.15, -0.1) is 0 Å². The number of rotatable bonds is 3. The third kappa shape index (κ3) is 3.40. The molecular weight excluding hydrogens is 278 g/mol. The summed E-state index contributed by atoms with van der Waals surface area (Å²) in [5.74, 6) is -0.996. The van der Waals surface area contributed by atoms with E-state index in [0.717, 1.165) is 0 Å². The lowest BCUT2D eigenvalue weighted by Gasteiger charge is -2.30. The van der Waals surface area contributed by atoms with Crippen molar-refractivity contribution in [2.45, 2.75) is 6.92 Å². The van der Waals surface area contributed by atoms with Gasteiger partial charge in [0.05, 0.1) is 39.1 Å². The van der Waals surface area contributed by atoms with E-state index in [0.29, 0.717) is 26.3 Å². The first-order chi connectivity index (χ1) is 10.0. The SMILES string of the molecule is COC(=O)c1cn(N2CCOCC2)c(=O)cc1NC(C)=O. The number of hydrogen-bond acceptors (Lipinski definition) is 6. The number of nitrogens with one attached hydrogen (secondary N) is 1. The topological polar surface area (TPSA) is 89.9 Å². The lowest BCUT2D eigenvalue weighted by molar-refractivity contribution is -0.114. The summed E-state index contributed by atoms with van der Waals surface area (Å²) in [4.78, 5) is 35.2. The molecule has 1 amide bonds. The third-order valence-electron chi connectivity index (χ3n) is 3.04. The van der Waals surface area contributed by atoms with Crippen molar-refractivity contribution in [3.63, 3.8) is 0 Å². The Balaban J connectivity index is 2.45. The van der Waals surface area contributed by atoms with E-state index in [1.165, 1.54) is 31.0 Å². The summed E-state index contributed by atoms with van der Waals surface area (Å²) in [7, 11) is 1.24. The Hall–Kier alpha value is -2.35. The molecule has 1 fully saturated rings. The number of anilines is 1. The molecule has 21 heavy (non-hydrogen) atoms. The van der Waals surface area contributed by atoms with Gasteiger partial charge in [0.2, 0.25) is 5.91 Å². The number of carbonyl (C=O) groups excluding carboxylic acids is 2. The number of carbonyl (C=O) groups is 2. The molecule has 2 rings (SSSR count). The van der Waals surface area contributed by atoms with E-state index in [9.17, 15) is 14.4 Å². The number of nitrogens with zero attached hydrogens (tertiary/aromatic N) is 2. The molecule has 8 heteroatoms. The molecule has 2 heterocycles. The summed E-state index contributed by atoms with van der Waals surface area (Å²) in [6.07, 6.45) is 1.38. The normalized spacial score (nSPS) is 14.7. The molecule has 1 aromatic heterocycles. The predicted molar refractivity (Wildman–Crippen MR) is 75.1 cm³/mol. The van der Waals surface area contributed by atoms with Crippen LogP contribution in [-0.4, -0.2) is 50.0 Å². The average Bonchev–Trinajstić information content (AvgIpc) is 2.47. The molecule has 0 saturated carbocycles. The molecule has 0 aliphatic carbocycles. The molecule has 0 atom stereocenters. The zero-order chi connectivity index (χ0) is 15.4. The Morgan fingerprint density at radius 2 is 2.00 bits per heavy atom. The van der Waals surface area contributed by atoms with E-state index in [1.54, 1.807) is 5.01 Å². The van der Waals surface area contributed by atoms with Crippen molar-refractivity contribution in [3.05, 3.63) is 28.2 Å². The second-order valence-corrected chi connectivity index (χ2v) is 4.52. The zero-order valence-electron chi connectivity index (χ0n) is 11.9. The van der Waals surface area contributed by atoms with Crippen LogP contribution in [0.4, 0.5) is 5.69 Å². The Kier molecular flexibility index (Phi) is 4.59. The molecule has 114 valence electrons. The number of esters is 1. The highest BCUT2D eigenvalue weighted by atomic mass is 16.5. The van der Waals surface area contributed by atoms with Crippen LogP contribution in [0, 0.1) is 0 Å². The Labute approximate surface area is 121 Å². The first-order valence-electron chi connectivity index (χ1n) is 6.48. The lowest BCUT2D eigenvalue weighted by Crippen LogP contribution is -2.48. The van der Waals surface area contributed by atoms with Gasteiger partial charge in [-0.25, -0.2) is 9.47 Å². The van der Waals surface area contributed by atoms with Crippen molar-refractivity contribution in [1.82, 2.24) is 4.68 Å². The van der Waals surface area contributed by atoms with Crippen LogP contribution in [0.25, 0.3) is 0 Å². The maximum atomic E-state index is 12.2. The molecule has 1 aliphatic heterocycles. The Morgan fingerprint density at radius 1 is 1.33 bits per heavy atom. The van der Waals surface area contributed by atoms with Crippen LogP contribution in [0.2, 0.25) is 0 Å². The molecule has 8 nitrogen and oxygen atoms in total. The van der Waals surface area contributed by atoms with Gasteiger partial charge in [-0.05, 0) is 0 Å². The molecule has 0 radical (unpaired) electrons. The van der Waals surface area contributed by atoms with E-state index in [1.807, 2.05) is 0 Å². The molecule has 1 N–H and O–H groups in total. The first kappa shape index (κ1) is 15.0. The van der Waals surface area contributed by atoms with Gasteiger partial charge in [-0.3, -0.25) is 9.59 Å². The minimum atomic E-state index is -0.624. The zero-order valence-corrected chi connectivity index (χ0v) is 11.9. The molecular formula is C13H17N3O5. The van der Waals surface area contributed by atoms with E-state index >= 15 is 0 Å². The van der Waals surface area contributed by atoms with Crippen LogP contribution < -0.4 is 15.9 Å². The number of pyridine rings is 1. The monoisotopic (exact) mass is 295 g/mol. The quantitative estimate of drug-likeness (QED) is 0.761. The number of hydrogen-bond donors (Lipinski definition) is 1. The number of ether oxygens (including phenoxy) is 2. The number of methoxy groups -OCH3 is 1. The molecule has 0 spiro atoms. The van der Waals surface area contributed by atoms with Crippen molar-refractivity contribution in [2.75, 3.05) is 43.7 Å². The van der Waals surface area contributed by atoms with Crippen LogP contribution in [-0.2, 0) is 14.3 Å². The smallest absolute Gasteiger partial charge is 0.341 e. The summed E-state index contributed by atoms with van der Waals surface area (Å²) in [5.41, 5.74) is -0.0732. The predicted octanol–water partition coefficient (Wildman–Crippen LogP) is -0.439. The van der Waals surface area contributed by atoms with Gasteiger partial charge in [0.1, 0.15) is 5.56 Å². The maximum Gasteiger partial charge on any atom is 0.341 e. The van der Waals surface area contributed by atoms with Crippen LogP contribution >= 0.6 is 0 Å². The minimum Gasteiger partial charge on any atom is -0.465 e. The standard InChI is InChI=1S/C13H17N3O5/c1-9(17)14-11-7-12(18)16(8-10(11)13(19)20-2)15-3-5-21-6-4-15/h7-8H,3-6H2,1-2H3,(H,14,17). The Morgan fingerprint density at radius 3 is 2.57 bits per heavy atom. The fourth-order valence-electron chi connectivity index (χ4n) is 2.08. The lowest BCUT2D eigenvalue weighted by atomic mass is 10.2. The highest BCUT2D eigenvalue weighted by molar-refractivity contribution is 6.00. The number of amides is 1. The highest BCUT2D eigenvalue weighted by Gasteiger charge is 2.19. The van der Waals surface area contributed by atoms with Crippen molar-refractivity contribution in [1.29, 1.82) is 0 Å². The van der Waals surface area contributed by atoms with Crippen molar-refractivity contribution in [3.8, 4) is 0 Å². The largest absolute Gasteiger partial charge is 0.465 e. The molecule has 1 aromatic rings. The molecule has 1 saturated heterocycles. The van der Waals surface area contributed by atoms with Gasteiger partial charge < -0.3 is 19.8 Å². The van der Waals surface area contributed by atoms with Gasteiger partial charge in [0, 0.05) is 19.2 Å². The third-order valence-corrected chi connectivity index (χ3v) is 3.04. The van der Waals surface area contributed by atoms with E-state index in [4.69, 9.17) is 9.47 Å². The summed E-state index contributed by atoms with van der Waals surface area (Å²) < 4.78 is 11.3. The summed E-state index contributed by atoms with van der Waals surface area (Å²) in [5, 5.41) is 4.24. The second kappa shape index (κ2) is 6.40. The van der Waals surface area contributed by atoms with Crippen LogP contribution in [0.5, 0.6) is 0 Å². The highest BCUT2D eigenvalue weighted by Crippen LogP contribution is 2.14. The maximum absolute atomic E-state index is 12.2. The molecule has 0 bridgehead atoms. The van der Waals surface area contributed by atoms with E-state index in [-0.39, 0.29) is 22.7 Å². The van der Waals surface area contributed by atoms with Crippen molar-refractivity contribution in [2.24, 2.45) is 0 Å². The summed E-state index contributed by atoms with van der Waals surface area (Å²) in [6, 6.07) is 1.21. The van der Waals surface area contributed by atoms with E-state index < -0.39 is 5.97 Å². The van der Waals surface area contributed by atoms with Crippen LogP contribution in [0.3, 0.4) is 0 Å². The van der Waals surface area contributed by atoms with Gasteiger partial charge in [-0.1, -0.05) is 0 Å². The van der Waals surface area contributed by atoms with Gasteiger partial charge in [0.25, 0.3) is 5.56 Å². The van der Waals surface area contributed by atoms with Gasteiger partial charge >= 0.3 is 5.97 Å². The van der Waals surface area contributed by atoms with Gasteiger partial charge in [0.15, 0.2) is 0 Å². The number of morpholine rings is 1. The Bertz CT molecular complexity index is 604. The second-order valence-electron chi connectivity index (χ2n) is 4.52. The van der Waals surface area contributed by atoms with Gasteiger partial charge in [-0.2, -0.15) is 0 Å². The van der Waals surface area contributed by atoms with Crippen molar-refractivity contribution >= 4 is 17.6 Å². The number of aromatic nitrogens is 1. The minimum absolute atomic E-state index is 0.124. The molecule has 0 unspecified atom stereocenters. The van der Waals surface area contributed by atoms with E-state index in [2.05, 4.69) is 5.32 Å². The summed E-state index contributed by atoms with van der Waals surface area (Å²) >= 11 is 0. The average molecular weight is 295 g/mol. The first-order valence-corrected chi connectivity index (χ1v) is 6.48. The van der Waals surface area contributed by atoms with Crippen LogP contribution in [0.1, 0.15) is 17.3 Å². The molecule has 0 aromatic carbocycles. The fraction of sp³-hybridized carbons (Fsp3) is 0.462. The van der Waals surface area contributed by atoms with Crippen molar-refractivity contribution < 1.29 is 19.1 Å². The summed E-state index contributed by atoms with van der Waals surface area (Å²) in [6.45, 7) is 3.40.